The molecule has 0 radical (unpaired) electrons. The van der Waals surface area contributed by atoms with Gasteiger partial charge in [0, 0.05) is 70.2 Å². The highest BCUT2D eigenvalue weighted by atomic mass is 16.5. The van der Waals surface area contributed by atoms with Crippen molar-refractivity contribution in [3.63, 3.8) is 0 Å². The molecular weight excluding hydrogens is 368 g/mol. The van der Waals surface area contributed by atoms with Gasteiger partial charge in [0.05, 0.1) is 12.0 Å². The van der Waals surface area contributed by atoms with E-state index in [1.165, 1.54) is 0 Å². The SMILES string of the molecule is Cn1nc(C(=O)NC2CCN(CCN3CCCOCC3)CC2)c2c1=CC(N)CC=2. The molecule has 0 spiro atoms. The van der Waals surface area contributed by atoms with Crippen LogP contribution in [-0.2, 0) is 11.8 Å². The molecule has 1 unspecified atom stereocenters. The summed E-state index contributed by atoms with van der Waals surface area (Å²) in [5, 5.41) is 9.54. The second-order valence-corrected chi connectivity index (χ2v) is 8.44. The lowest BCUT2D eigenvalue weighted by molar-refractivity contribution is 0.0899. The lowest BCUT2D eigenvalue weighted by Gasteiger charge is -2.33. The van der Waals surface area contributed by atoms with Crippen LogP contribution >= 0.6 is 0 Å². The van der Waals surface area contributed by atoms with Gasteiger partial charge in [0.1, 0.15) is 0 Å². The number of aryl methyl sites for hydroxylation is 1. The van der Waals surface area contributed by atoms with Crippen molar-refractivity contribution >= 4 is 18.1 Å². The first-order chi connectivity index (χ1) is 14.1. The van der Waals surface area contributed by atoms with Gasteiger partial charge in [-0.15, -0.1) is 0 Å². The summed E-state index contributed by atoms with van der Waals surface area (Å²) in [6.07, 6.45) is 7.90. The Morgan fingerprint density at radius 3 is 2.76 bits per heavy atom. The minimum absolute atomic E-state index is 0.0000200. The molecule has 160 valence electrons. The van der Waals surface area contributed by atoms with E-state index in [1.807, 2.05) is 19.2 Å². The third-order valence-corrected chi connectivity index (χ3v) is 6.28. The molecule has 0 aromatic carbocycles. The van der Waals surface area contributed by atoms with Gasteiger partial charge in [-0.05, 0) is 31.8 Å². The highest BCUT2D eigenvalue weighted by Crippen LogP contribution is 2.11. The second-order valence-electron chi connectivity index (χ2n) is 8.44. The first-order valence-electron chi connectivity index (χ1n) is 10.9. The number of nitrogens with zero attached hydrogens (tertiary/aromatic N) is 4. The van der Waals surface area contributed by atoms with Crippen molar-refractivity contribution in [1.29, 1.82) is 0 Å². The molecule has 8 heteroatoms. The molecule has 0 saturated carbocycles. The molecule has 1 amide bonds. The van der Waals surface area contributed by atoms with Crippen molar-refractivity contribution in [2.45, 2.75) is 37.8 Å². The molecule has 2 aliphatic heterocycles. The Balaban J connectivity index is 1.26. The number of likely N-dealkylation sites (tertiary alicyclic amines) is 1. The lowest BCUT2D eigenvalue weighted by Crippen LogP contribution is -2.47. The van der Waals surface area contributed by atoms with E-state index in [1.54, 1.807) is 4.68 Å². The predicted molar refractivity (Wildman–Crippen MR) is 113 cm³/mol. The van der Waals surface area contributed by atoms with Crippen LogP contribution in [0, 0.1) is 0 Å². The Hall–Kier alpha value is -1.74. The summed E-state index contributed by atoms with van der Waals surface area (Å²) >= 11 is 0. The summed E-state index contributed by atoms with van der Waals surface area (Å²) in [5.41, 5.74) is 6.53. The van der Waals surface area contributed by atoms with Crippen molar-refractivity contribution < 1.29 is 9.53 Å². The normalized spacial score (nSPS) is 24.3. The Morgan fingerprint density at radius 2 is 1.97 bits per heavy atom. The van der Waals surface area contributed by atoms with Crippen molar-refractivity contribution in [2.75, 3.05) is 52.5 Å². The summed E-state index contributed by atoms with van der Waals surface area (Å²) in [6.45, 7) is 8.19. The summed E-state index contributed by atoms with van der Waals surface area (Å²) in [5.74, 6) is -0.0648. The molecule has 3 N–H and O–H groups in total. The molecule has 4 rings (SSSR count). The summed E-state index contributed by atoms with van der Waals surface area (Å²) in [4.78, 5) is 17.9. The van der Waals surface area contributed by atoms with Gasteiger partial charge >= 0.3 is 0 Å². The van der Waals surface area contributed by atoms with Crippen LogP contribution < -0.4 is 21.6 Å². The largest absolute Gasteiger partial charge is 0.380 e. The van der Waals surface area contributed by atoms with Gasteiger partial charge in [-0.25, -0.2) is 0 Å². The molecule has 1 aliphatic carbocycles. The van der Waals surface area contributed by atoms with Crippen LogP contribution in [-0.4, -0.2) is 90.1 Å². The number of nitrogens with one attached hydrogen (secondary N) is 1. The van der Waals surface area contributed by atoms with Crippen molar-refractivity contribution in [2.24, 2.45) is 12.8 Å². The van der Waals surface area contributed by atoms with Crippen molar-refractivity contribution in [3.05, 3.63) is 16.3 Å². The standard InChI is InChI=1S/C21H34N6O2/c1-25-19-15-16(22)3-4-18(19)20(24-25)21(28)23-17-5-8-27(9-6-17)11-10-26-7-2-13-29-14-12-26/h4,15-17H,2-3,5-14,22H2,1H3,(H,23,28). The highest BCUT2D eigenvalue weighted by molar-refractivity contribution is 5.93. The maximum absolute atomic E-state index is 12.8. The van der Waals surface area contributed by atoms with Crippen LogP contribution in [0.2, 0.25) is 0 Å². The smallest absolute Gasteiger partial charge is 0.272 e. The number of nitrogens with two attached hydrogens (primary N) is 1. The predicted octanol–water partition coefficient (Wildman–Crippen LogP) is -1.37. The fraction of sp³-hybridized carbons (Fsp3) is 0.714. The summed E-state index contributed by atoms with van der Waals surface area (Å²) in [6, 6.07) is 0.220. The maximum atomic E-state index is 12.8. The first-order valence-corrected chi connectivity index (χ1v) is 10.9. The third kappa shape index (κ3) is 5.06. The average Bonchev–Trinajstić information content (AvgIpc) is 2.89. The summed E-state index contributed by atoms with van der Waals surface area (Å²) in [7, 11) is 1.87. The fourth-order valence-electron chi connectivity index (χ4n) is 4.50. The van der Waals surface area contributed by atoms with Gasteiger partial charge in [0.25, 0.3) is 5.91 Å². The van der Waals surface area contributed by atoms with Crippen LogP contribution in [0.5, 0.6) is 0 Å². The van der Waals surface area contributed by atoms with Gasteiger partial charge in [-0.1, -0.05) is 6.08 Å². The number of hydrogen-bond acceptors (Lipinski definition) is 6. The van der Waals surface area contributed by atoms with E-state index in [4.69, 9.17) is 10.5 Å². The van der Waals surface area contributed by atoms with E-state index in [0.717, 1.165) is 88.7 Å². The number of aromatic nitrogens is 2. The van der Waals surface area contributed by atoms with E-state index in [0.29, 0.717) is 5.69 Å². The monoisotopic (exact) mass is 402 g/mol. The van der Waals surface area contributed by atoms with E-state index in [-0.39, 0.29) is 18.0 Å². The minimum atomic E-state index is -0.0648. The molecule has 8 nitrogen and oxygen atoms in total. The number of rotatable bonds is 5. The molecule has 2 saturated heterocycles. The molecular formula is C21H34N6O2. The fourth-order valence-corrected chi connectivity index (χ4v) is 4.50. The van der Waals surface area contributed by atoms with Gasteiger partial charge in [0.2, 0.25) is 0 Å². The number of fused-ring (bicyclic) bond motifs is 1. The topological polar surface area (TPSA) is 88.7 Å². The molecule has 1 atom stereocenters. The molecule has 1 aromatic rings. The van der Waals surface area contributed by atoms with Crippen LogP contribution in [0.4, 0.5) is 0 Å². The number of carbonyl (C=O) groups excluding carboxylic acids is 1. The quantitative estimate of drug-likeness (QED) is 0.632. The van der Waals surface area contributed by atoms with Gasteiger partial charge in [0.15, 0.2) is 5.69 Å². The average molecular weight is 403 g/mol. The lowest BCUT2D eigenvalue weighted by atomic mass is 10.0. The number of hydrogen-bond donors (Lipinski definition) is 2. The van der Waals surface area contributed by atoms with E-state index in [9.17, 15) is 4.79 Å². The molecule has 1 aromatic heterocycles. The van der Waals surface area contributed by atoms with Crippen molar-refractivity contribution in [3.8, 4) is 0 Å². The second kappa shape index (κ2) is 9.38. The highest BCUT2D eigenvalue weighted by Gasteiger charge is 2.24. The van der Waals surface area contributed by atoms with E-state index < -0.39 is 0 Å². The first kappa shape index (κ1) is 20.5. The van der Waals surface area contributed by atoms with Crippen LogP contribution in [0.15, 0.2) is 0 Å². The van der Waals surface area contributed by atoms with Crippen molar-refractivity contribution in [1.82, 2.24) is 24.9 Å². The maximum Gasteiger partial charge on any atom is 0.272 e. The van der Waals surface area contributed by atoms with Gasteiger partial charge in [-0.2, -0.15) is 5.10 Å². The minimum Gasteiger partial charge on any atom is -0.380 e. The Morgan fingerprint density at radius 1 is 1.21 bits per heavy atom. The van der Waals surface area contributed by atoms with Gasteiger partial charge < -0.3 is 20.7 Å². The zero-order valence-electron chi connectivity index (χ0n) is 17.5. The van der Waals surface area contributed by atoms with Gasteiger partial charge in [-0.3, -0.25) is 14.4 Å². The number of ether oxygens (including phenoxy) is 1. The Labute approximate surface area is 172 Å². The number of piperidine rings is 1. The van der Waals surface area contributed by atoms with Crippen LogP contribution in [0.1, 0.15) is 36.2 Å². The zero-order valence-corrected chi connectivity index (χ0v) is 17.5. The Kier molecular flexibility index (Phi) is 6.64. The third-order valence-electron chi connectivity index (χ3n) is 6.28. The van der Waals surface area contributed by atoms with E-state index >= 15 is 0 Å². The zero-order chi connectivity index (χ0) is 20.2. The van der Waals surface area contributed by atoms with Crippen LogP contribution in [0.25, 0.3) is 12.2 Å². The Bertz CT molecular complexity index is 819. The molecule has 29 heavy (non-hydrogen) atoms. The summed E-state index contributed by atoms with van der Waals surface area (Å²) < 4.78 is 7.29. The van der Waals surface area contributed by atoms with Crippen LogP contribution in [0.3, 0.4) is 0 Å². The molecule has 3 aliphatic rings. The van der Waals surface area contributed by atoms with E-state index in [2.05, 4.69) is 20.2 Å². The molecule has 2 fully saturated rings. The molecule has 3 heterocycles. The molecule has 0 bridgehead atoms. The number of amides is 1. The number of carbonyl (C=O) groups is 1.